The predicted molar refractivity (Wildman–Crippen MR) is 67.2 cm³/mol. The van der Waals surface area contributed by atoms with Gasteiger partial charge in [0.1, 0.15) is 10.6 Å². The van der Waals surface area contributed by atoms with Gasteiger partial charge in [0.05, 0.1) is 19.1 Å². The summed E-state index contributed by atoms with van der Waals surface area (Å²) in [6.07, 6.45) is 0. The molecule has 1 rings (SSSR count). The lowest BCUT2D eigenvalue weighted by Crippen LogP contribution is -2.34. The van der Waals surface area contributed by atoms with Gasteiger partial charge in [0.15, 0.2) is 0 Å². The van der Waals surface area contributed by atoms with Gasteiger partial charge < -0.3 is 9.64 Å². The van der Waals surface area contributed by atoms with Crippen molar-refractivity contribution >= 4 is 17.2 Å². The van der Waals surface area contributed by atoms with E-state index in [9.17, 15) is 4.79 Å². The van der Waals surface area contributed by atoms with Crippen molar-refractivity contribution in [2.75, 3.05) is 20.2 Å². The molecular formula is C12H16N2O2S. The largest absolute Gasteiger partial charge is 0.495 e. The molecule has 5 heteroatoms. The van der Waals surface area contributed by atoms with Gasteiger partial charge in [-0.25, -0.2) is 0 Å². The van der Waals surface area contributed by atoms with Crippen LogP contribution in [0.15, 0.2) is 11.4 Å². The fourth-order valence-electron chi connectivity index (χ4n) is 1.48. The molecule has 1 aromatic rings. The Morgan fingerprint density at radius 1 is 1.71 bits per heavy atom. The maximum atomic E-state index is 12.2. The molecule has 0 aliphatic carbocycles. The van der Waals surface area contributed by atoms with E-state index in [4.69, 9.17) is 10.00 Å². The van der Waals surface area contributed by atoms with Gasteiger partial charge >= 0.3 is 0 Å². The topological polar surface area (TPSA) is 53.3 Å². The monoisotopic (exact) mass is 252 g/mol. The van der Waals surface area contributed by atoms with Crippen LogP contribution in [0.5, 0.6) is 5.75 Å². The number of nitriles is 1. The zero-order chi connectivity index (χ0) is 12.8. The fraction of sp³-hybridized carbons (Fsp3) is 0.500. The minimum absolute atomic E-state index is 0.0681. The second-order valence-corrected chi connectivity index (χ2v) is 4.61. The van der Waals surface area contributed by atoms with Crippen LogP contribution in [0.25, 0.3) is 0 Å². The summed E-state index contributed by atoms with van der Waals surface area (Å²) in [5, 5.41) is 10.6. The second-order valence-electron chi connectivity index (χ2n) is 3.69. The minimum atomic E-state index is -0.162. The Morgan fingerprint density at radius 2 is 2.41 bits per heavy atom. The van der Waals surface area contributed by atoms with E-state index in [2.05, 4.69) is 6.07 Å². The molecule has 1 unspecified atom stereocenters. The van der Waals surface area contributed by atoms with Crippen molar-refractivity contribution in [2.24, 2.45) is 5.92 Å². The molecule has 0 fully saturated rings. The predicted octanol–water partition coefficient (Wildman–Crippen LogP) is 2.38. The molecule has 0 aromatic carbocycles. The molecule has 0 radical (unpaired) electrons. The Bertz CT molecular complexity index is 422. The summed E-state index contributed by atoms with van der Waals surface area (Å²) in [6, 6.07) is 3.91. The average molecular weight is 252 g/mol. The lowest BCUT2D eigenvalue weighted by atomic mass is 10.2. The minimum Gasteiger partial charge on any atom is -0.495 e. The third-order valence-corrected chi connectivity index (χ3v) is 3.31. The van der Waals surface area contributed by atoms with Crippen LogP contribution in [0.4, 0.5) is 0 Å². The van der Waals surface area contributed by atoms with Gasteiger partial charge in [-0.15, -0.1) is 11.3 Å². The number of methoxy groups -OCH3 is 1. The number of hydrogen-bond donors (Lipinski definition) is 0. The number of amides is 1. The van der Waals surface area contributed by atoms with Gasteiger partial charge in [-0.2, -0.15) is 5.26 Å². The normalized spacial score (nSPS) is 11.6. The first kappa shape index (κ1) is 13.5. The van der Waals surface area contributed by atoms with Crippen molar-refractivity contribution in [3.05, 3.63) is 16.3 Å². The van der Waals surface area contributed by atoms with Crippen molar-refractivity contribution in [1.29, 1.82) is 5.26 Å². The van der Waals surface area contributed by atoms with E-state index >= 15 is 0 Å². The number of ether oxygens (including phenoxy) is 1. The number of rotatable bonds is 5. The Kier molecular flexibility index (Phi) is 4.98. The van der Waals surface area contributed by atoms with Crippen LogP contribution >= 0.6 is 11.3 Å². The Hall–Kier alpha value is -1.54. The quantitative estimate of drug-likeness (QED) is 0.808. The van der Waals surface area contributed by atoms with E-state index in [1.165, 1.54) is 11.3 Å². The summed E-state index contributed by atoms with van der Waals surface area (Å²) in [4.78, 5) is 14.5. The van der Waals surface area contributed by atoms with Gasteiger partial charge in [-0.3, -0.25) is 4.79 Å². The molecular weight excluding hydrogens is 236 g/mol. The van der Waals surface area contributed by atoms with Crippen molar-refractivity contribution in [3.8, 4) is 11.8 Å². The molecule has 0 aliphatic rings. The first-order chi connectivity index (χ1) is 8.13. The lowest BCUT2D eigenvalue weighted by Gasteiger charge is -2.21. The summed E-state index contributed by atoms with van der Waals surface area (Å²) in [6.45, 7) is 4.75. The average Bonchev–Trinajstić information content (AvgIpc) is 2.82. The molecule has 1 aromatic heterocycles. The summed E-state index contributed by atoms with van der Waals surface area (Å²) in [5.41, 5.74) is 0. The van der Waals surface area contributed by atoms with Crippen LogP contribution in [0, 0.1) is 17.2 Å². The van der Waals surface area contributed by atoms with E-state index in [0.717, 1.165) is 0 Å². The molecule has 1 heterocycles. The van der Waals surface area contributed by atoms with Crippen LogP contribution in [0.1, 0.15) is 23.5 Å². The smallest absolute Gasteiger partial charge is 0.267 e. The Morgan fingerprint density at radius 3 is 2.94 bits per heavy atom. The molecule has 0 bridgehead atoms. The third-order valence-electron chi connectivity index (χ3n) is 2.43. The molecule has 0 N–H and O–H groups in total. The summed E-state index contributed by atoms with van der Waals surface area (Å²) < 4.78 is 5.13. The SMILES string of the molecule is CCN(CC(C)C#N)C(=O)c1sccc1OC. The summed E-state index contributed by atoms with van der Waals surface area (Å²) >= 11 is 1.36. The van der Waals surface area contributed by atoms with Crippen molar-refractivity contribution in [3.63, 3.8) is 0 Å². The van der Waals surface area contributed by atoms with Gasteiger partial charge in [-0.05, 0) is 25.3 Å². The molecule has 0 aliphatic heterocycles. The van der Waals surface area contributed by atoms with Crippen molar-refractivity contribution < 1.29 is 9.53 Å². The lowest BCUT2D eigenvalue weighted by molar-refractivity contribution is 0.0754. The second kappa shape index (κ2) is 6.26. The maximum absolute atomic E-state index is 12.2. The Balaban J connectivity index is 2.83. The number of hydrogen-bond acceptors (Lipinski definition) is 4. The zero-order valence-electron chi connectivity index (χ0n) is 10.3. The number of nitrogens with zero attached hydrogens (tertiary/aromatic N) is 2. The highest BCUT2D eigenvalue weighted by Crippen LogP contribution is 2.26. The highest BCUT2D eigenvalue weighted by atomic mass is 32.1. The van der Waals surface area contributed by atoms with Gasteiger partial charge in [-0.1, -0.05) is 0 Å². The summed E-state index contributed by atoms with van der Waals surface area (Å²) in [7, 11) is 1.55. The standard InChI is InChI=1S/C12H16N2O2S/c1-4-14(8-9(2)7-13)12(15)11-10(16-3)5-6-17-11/h5-6,9H,4,8H2,1-3H3. The molecule has 0 saturated heterocycles. The van der Waals surface area contributed by atoms with Gasteiger partial charge in [0, 0.05) is 13.1 Å². The number of carbonyl (C=O) groups excluding carboxylic acids is 1. The highest BCUT2D eigenvalue weighted by molar-refractivity contribution is 7.12. The van der Waals surface area contributed by atoms with Crippen LogP contribution < -0.4 is 4.74 Å². The van der Waals surface area contributed by atoms with E-state index in [-0.39, 0.29) is 11.8 Å². The fourth-order valence-corrected chi connectivity index (χ4v) is 2.31. The van der Waals surface area contributed by atoms with Crippen molar-refractivity contribution in [1.82, 2.24) is 4.90 Å². The molecule has 0 saturated carbocycles. The van der Waals surface area contributed by atoms with E-state index in [1.807, 2.05) is 19.2 Å². The Labute approximate surface area is 105 Å². The van der Waals surface area contributed by atoms with Crippen LogP contribution in [-0.4, -0.2) is 31.0 Å². The van der Waals surface area contributed by atoms with Crippen LogP contribution in [0.3, 0.4) is 0 Å². The first-order valence-electron chi connectivity index (χ1n) is 5.44. The van der Waals surface area contributed by atoms with E-state index in [1.54, 1.807) is 18.1 Å². The highest BCUT2D eigenvalue weighted by Gasteiger charge is 2.21. The van der Waals surface area contributed by atoms with E-state index in [0.29, 0.717) is 23.7 Å². The molecule has 4 nitrogen and oxygen atoms in total. The van der Waals surface area contributed by atoms with Crippen molar-refractivity contribution in [2.45, 2.75) is 13.8 Å². The molecule has 0 spiro atoms. The molecule has 1 amide bonds. The van der Waals surface area contributed by atoms with Gasteiger partial charge in [0.2, 0.25) is 0 Å². The molecule has 17 heavy (non-hydrogen) atoms. The molecule has 92 valence electrons. The maximum Gasteiger partial charge on any atom is 0.267 e. The van der Waals surface area contributed by atoms with Gasteiger partial charge in [0.25, 0.3) is 5.91 Å². The zero-order valence-corrected chi connectivity index (χ0v) is 11.1. The summed E-state index contributed by atoms with van der Waals surface area (Å²) in [5.74, 6) is 0.370. The van der Waals surface area contributed by atoms with Crippen LogP contribution in [0.2, 0.25) is 0 Å². The van der Waals surface area contributed by atoms with E-state index < -0.39 is 0 Å². The number of carbonyl (C=O) groups is 1. The molecule has 1 atom stereocenters. The number of thiophene rings is 1. The van der Waals surface area contributed by atoms with Crippen LogP contribution in [-0.2, 0) is 0 Å². The first-order valence-corrected chi connectivity index (χ1v) is 6.32. The third kappa shape index (κ3) is 3.21.